The highest BCUT2D eigenvalue weighted by molar-refractivity contribution is 5.94. The number of nitrogens with one attached hydrogen (secondary N) is 1. The van der Waals surface area contributed by atoms with Crippen LogP contribution >= 0.6 is 0 Å². The third-order valence-electron chi connectivity index (χ3n) is 5.03. The highest BCUT2D eigenvalue weighted by Gasteiger charge is 2.40. The van der Waals surface area contributed by atoms with Crippen molar-refractivity contribution >= 4 is 11.9 Å². The standard InChI is InChI=1S/C21H23NO3/c1-21(16-8-4-2-5-9-16,17-10-6-3-7-11-17)20(25)22-18(19(23)24)14-15-12-13-15/h2-11,15,18H,12-14H2,1H3,(H,22,25)(H,23,24)/t18-/m0/s1. The number of carboxylic acids is 1. The van der Waals surface area contributed by atoms with Crippen molar-refractivity contribution in [3.63, 3.8) is 0 Å². The van der Waals surface area contributed by atoms with Gasteiger partial charge in [0.2, 0.25) is 5.91 Å². The zero-order valence-electron chi connectivity index (χ0n) is 14.3. The number of carbonyl (C=O) groups excluding carboxylic acids is 1. The number of hydrogen-bond acceptors (Lipinski definition) is 2. The van der Waals surface area contributed by atoms with E-state index in [-0.39, 0.29) is 5.91 Å². The summed E-state index contributed by atoms with van der Waals surface area (Å²) < 4.78 is 0. The number of carboxylic acid groups (broad SMARTS) is 1. The third-order valence-corrected chi connectivity index (χ3v) is 5.03. The summed E-state index contributed by atoms with van der Waals surface area (Å²) >= 11 is 0. The fraction of sp³-hybridized carbons (Fsp3) is 0.333. The molecule has 4 heteroatoms. The first kappa shape index (κ1) is 17.2. The average molecular weight is 337 g/mol. The van der Waals surface area contributed by atoms with E-state index in [2.05, 4.69) is 5.32 Å². The molecule has 1 amide bonds. The van der Waals surface area contributed by atoms with E-state index in [1.165, 1.54) is 0 Å². The molecule has 0 unspecified atom stereocenters. The first-order valence-electron chi connectivity index (χ1n) is 8.66. The van der Waals surface area contributed by atoms with E-state index in [4.69, 9.17) is 0 Å². The van der Waals surface area contributed by atoms with Crippen molar-refractivity contribution in [1.82, 2.24) is 5.32 Å². The van der Waals surface area contributed by atoms with E-state index < -0.39 is 17.4 Å². The number of rotatable bonds is 7. The van der Waals surface area contributed by atoms with Crippen LogP contribution in [0.5, 0.6) is 0 Å². The molecule has 0 spiro atoms. The molecular weight excluding hydrogens is 314 g/mol. The fourth-order valence-electron chi connectivity index (χ4n) is 3.18. The molecule has 1 aliphatic carbocycles. The maximum absolute atomic E-state index is 13.2. The molecule has 3 rings (SSSR count). The van der Waals surface area contributed by atoms with Crippen LogP contribution in [-0.2, 0) is 15.0 Å². The Morgan fingerprint density at radius 3 is 1.92 bits per heavy atom. The van der Waals surface area contributed by atoms with Gasteiger partial charge in [0.05, 0.1) is 5.41 Å². The van der Waals surface area contributed by atoms with E-state index in [0.717, 1.165) is 24.0 Å². The van der Waals surface area contributed by atoms with Gasteiger partial charge < -0.3 is 10.4 Å². The van der Waals surface area contributed by atoms with Gasteiger partial charge in [-0.2, -0.15) is 0 Å². The van der Waals surface area contributed by atoms with Crippen molar-refractivity contribution < 1.29 is 14.7 Å². The van der Waals surface area contributed by atoms with Gasteiger partial charge in [-0.1, -0.05) is 73.5 Å². The molecule has 1 saturated carbocycles. The molecule has 1 aliphatic rings. The van der Waals surface area contributed by atoms with Crippen LogP contribution in [0.15, 0.2) is 60.7 Å². The van der Waals surface area contributed by atoms with Crippen LogP contribution in [0.3, 0.4) is 0 Å². The zero-order chi connectivity index (χ0) is 17.9. The van der Waals surface area contributed by atoms with Gasteiger partial charge in [-0.25, -0.2) is 4.79 Å². The van der Waals surface area contributed by atoms with Crippen LogP contribution in [0.2, 0.25) is 0 Å². The first-order valence-corrected chi connectivity index (χ1v) is 8.66. The predicted molar refractivity (Wildman–Crippen MR) is 96.2 cm³/mol. The summed E-state index contributed by atoms with van der Waals surface area (Å²) in [5, 5.41) is 12.3. The highest BCUT2D eigenvalue weighted by atomic mass is 16.4. The first-order chi connectivity index (χ1) is 12.0. The number of aliphatic carboxylic acids is 1. The summed E-state index contributed by atoms with van der Waals surface area (Å²) in [6, 6.07) is 18.2. The molecule has 0 aliphatic heterocycles. The zero-order valence-corrected chi connectivity index (χ0v) is 14.3. The summed E-state index contributed by atoms with van der Waals surface area (Å²) in [7, 11) is 0. The molecule has 0 heterocycles. The average Bonchev–Trinajstić information content (AvgIpc) is 3.46. The van der Waals surface area contributed by atoms with Crippen LogP contribution in [0, 0.1) is 5.92 Å². The molecule has 25 heavy (non-hydrogen) atoms. The largest absolute Gasteiger partial charge is 0.480 e. The van der Waals surface area contributed by atoms with Gasteiger partial charge in [0, 0.05) is 0 Å². The van der Waals surface area contributed by atoms with E-state index in [1.54, 1.807) is 0 Å². The van der Waals surface area contributed by atoms with Crippen molar-refractivity contribution in [3.8, 4) is 0 Å². The SMILES string of the molecule is CC(C(=O)N[C@@H](CC1CC1)C(=O)O)(c1ccccc1)c1ccccc1. The molecule has 0 bridgehead atoms. The lowest BCUT2D eigenvalue weighted by molar-refractivity contribution is -0.142. The molecule has 2 N–H and O–H groups in total. The Hall–Kier alpha value is -2.62. The Balaban J connectivity index is 1.93. The Kier molecular flexibility index (Phi) is 4.88. The minimum atomic E-state index is -0.969. The molecule has 130 valence electrons. The Bertz CT molecular complexity index is 699. The lowest BCUT2D eigenvalue weighted by Gasteiger charge is -2.31. The molecule has 0 saturated heterocycles. The van der Waals surface area contributed by atoms with Gasteiger partial charge in [-0.05, 0) is 30.4 Å². The minimum Gasteiger partial charge on any atom is -0.480 e. The van der Waals surface area contributed by atoms with E-state index in [0.29, 0.717) is 12.3 Å². The Morgan fingerprint density at radius 2 is 1.52 bits per heavy atom. The molecular formula is C21H23NO3. The topological polar surface area (TPSA) is 66.4 Å². The maximum Gasteiger partial charge on any atom is 0.326 e. The monoisotopic (exact) mass is 337 g/mol. The predicted octanol–water partition coefficient (Wildman–Crippen LogP) is 3.36. The third kappa shape index (κ3) is 3.73. The van der Waals surface area contributed by atoms with Crippen molar-refractivity contribution in [2.24, 2.45) is 5.92 Å². The maximum atomic E-state index is 13.2. The molecule has 1 atom stereocenters. The van der Waals surface area contributed by atoms with Crippen molar-refractivity contribution in [3.05, 3.63) is 71.8 Å². The van der Waals surface area contributed by atoms with Crippen LogP contribution < -0.4 is 5.32 Å². The molecule has 0 aromatic heterocycles. The lowest BCUT2D eigenvalue weighted by atomic mass is 9.75. The summed E-state index contributed by atoms with van der Waals surface area (Å²) in [5.74, 6) is -0.831. The van der Waals surface area contributed by atoms with Crippen LogP contribution in [0.25, 0.3) is 0 Å². The fourth-order valence-corrected chi connectivity index (χ4v) is 3.18. The second-order valence-electron chi connectivity index (χ2n) is 6.90. The van der Waals surface area contributed by atoms with Crippen LogP contribution in [0.1, 0.15) is 37.3 Å². The van der Waals surface area contributed by atoms with Gasteiger partial charge in [0.1, 0.15) is 6.04 Å². The van der Waals surface area contributed by atoms with Gasteiger partial charge >= 0.3 is 5.97 Å². The van der Waals surface area contributed by atoms with Crippen LogP contribution in [-0.4, -0.2) is 23.0 Å². The smallest absolute Gasteiger partial charge is 0.326 e. The highest BCUT2D eigenvalue weighted by Crippen LogP contribution is 2.35. The van der Waals surface area contributed by atoms with E-state index >= 15 is 0 Å². The molecule has 2 aromatic carbocycles. The van der Waals surface area contributed by atoms with Crippen molar-refractivity contribution in [2.45, 2.75) is 37.6 Å². The van der Waals surface area contributed by atoms with Crippen molar-refractivity contribution in [2.75, 3.05) is 0 Å². The molecule has 4 nitrogen and oxygen atoms in total. The number of hydrogen-bond donors (Lipinski definition) is 2. The minimum absolute atomic E-state index is 0.280. The number of amides is 1. The quantitative estimate of drug-likeness (QED) is 0.814. The molecule has 0 radical (unpaired) electrons. The van der Waals surface area contributed by atoms with Crippen molar-refractivity contribution in [1.29, 1.82) is 0 Å². The number of benzene rings is 2. The normalized spacial score (nSPS) is 15.4. The van der Waals surface area contributed by atoms with Gasteiger partial charge in [0.25, 0.3) is 0 Å². The Labute approximate surface area is 147 Å². The van der Waals surface area contributed by atoms with Crippen LogP contribution in [0.4, 0.5) is 0 Å². The summed E-state index contributed by atoms with van der Waals surface area (Å²) in [6.45, 7) is 1.85. The summed E-state index contributed by atoms with van der Waals surface area (Å²) in [6.07, 6.45) is 2.60. The van der Waals surface area contributed by atoms with Gasteiger partial charge in [0.15, 0.2) is 0 Å². The molecule has 2 aromatic rings. The van der Waals surface area contributed by atoms with E-state index in [9.17, 15) is 14.7 Å². The van der Waals surface area contributed by atoms with Gasteiger partial charge in [-0.3, -0.25) is 4.79 Å². The number of carbonyl (C=O) groups is 2. The van der Waals surface area contributed by atoms with Gasteiger partial charge in [-0.15, -0.1) is 0 Å². The molecule has 1 fully saturated rings. The second-order valence-corrected chi connectivity index (χ2v) is 6.90. The van der Waals surface area contributed by atoms with E-state index in [1.807, 2.05) is 67.6 Å². The Morgan fingerprint density at radius 1 is 1.04 bits per heavy atom. The summed E-state index contributed by atoms with van der Waals surface area (Å²) in [5.41, 5.74) is 0.739. The lowest BCUT2D eigenvalue weighted by Crippen LogP contribution is -2.50. The summed E-state index contributed by atoms with van der Waals surface area (Å²) in [4.78, 5) is 24.8. The second kappa shape index (κ2) is 7.09.